The van der Waals surface area contributed by atoms with Crippen LogP contribution in [0.4, 0.5) is 0 Å². The SMILES string of the molecule is C1=Cc2cccc(OCCNC3Cc4ccccc4C3)c2OC1. The Bertz CT molecular complexity index is 698. The first-order valence-corrected chi connectivity index (χ1v) is 8.25. The summed E-state index contributed by atoms with van der Waals surface area (Å²) >= 11 is 0. The lowest BCUT2D eigenvalue weighted by Crippen LogP contribution is -2.33. The molecular weight excluding hydrogens is 286 g/mol. The molecule has 0 saturated heterocycles. The molecule has 0 unspecified atom stereocenters. The van der Waals surface area contributed by atoms with Crippen LogP contribution in [0.5, 0.6) is 11.5 Å². The molecule has 2 aromatic rings. The van der Waals surface area contributed by atoms with Gasteiger partial charge in [0.25, 0.3) is 0 Å². The van der Waals surface area contributed by atoms with Crippen molar-refractivity contribution < 1.29 is 9.47 Å². The maximum absolute atomic E-state index is 5.92. The van der Waals surface area contributed by atoms with E-state index in [-0.39, 0.29) is 0 Å². The number of benzene rings is 2. The second-order valence-corrected chi connectivity index (χ2v) is 6.06. The van der Waals surface area contributed by atoms with Gasteiger partial charge < -0.3 is 14.8 Å². The van der Waals surface area contributed by atoms with Gasteiger partial charge in [-0.2, -0.15) is 0 Å². The number of hydrogen-bond acceptors (Lipinski definition) is 3. The Labute approximate surface area is 136 Å². The molecule has 1 heterocycles. The minimum Gasteiger partial charge on any atom is -0.488 e. The molecule has 0 aromatic heterocycles. The molecule has 1 N–H and O–H groups in total. The fourth-order valence-corrected chi connectivity index (χ4v) is 3.37. The summed E-state index contributed by atoms with van der Waals surface area (Å²) < 4.78 is 11.6. The van der Waals surface area contributed by atoms with Crippen molar-refractivity contribution >= 4 is 6.08 Å². The van der Waals surface area contributed by atoms with Crippen LogP contribution in [0.1, 0.15) is 16.7 Å². The highest BCUT2D eigenvalue weighted by Gasteiger charge is 2.20. The maximum Gasteiger partial charge on any atom is 0.168 e. The van der Waals surface area contributed by atoms with Crippen LogP contribution >= 0.6 is 0 Å². The average Bonchev–Trinajstić information content (AvgIpc) is 3.01. The molecule has 0 fully saturated rings. The second kappa shape index (κ2) is 6.47. The molecule has 0 amide bonds. The number of nitrogens with one attached hydrogen (secondary N) is 1. The monoisotopic (exact) mass is 307 g/mol. The fraction of sp³-hybridized carbons (Fsp3) is 0.300. The standard InChI is InChI=1S/C20H21NO2/c1-2-6-17-14-18(13-16(17)5-1)21-10-12-22-19-9-3-7-15-8-4-11-23-20(15)19/h1-9,18,21H,10-14H2. The maximum atomic E-state index is 5.92. The molecule has 0 bridgehead atoms. The minimum atomic E-state index is 0.528. The number of hydrogen-bond donors (Lipinski definition) is 1. The zero-order valence-corrected chi connectivity index (χ0v) is 13.1. The highest BCUT2D eigenvalue weighted by molar-refractivity contribution is 5.64. The van der Waals surface area contributed by atoms with Crippen molar-refractivity contribution in [2.45, 2.75) is 18.9 Å². The van der Waals surface area contributed by atoms with E-state index >= 15 is 0 Å². The van der Waals surface area contributed by atoms with Crippen molar-refractivity contribution in [1.82, 2.24) is 5.32 Å². The Morgan fingerprint density at radius 1 is 1.04 bits per heavy atom. The lowest BCUT2D eigenvalue weighted by Gasteiger charge is -2.17. The Balaban J connectivity index is 1.28. The van der Waals surface area contributed by atoms with E-state index in [1.54, 1.807) is 0 Å². The number of rotatable bonds is 5. The van der Waals surface area contributed by atoms with Gasteiger partial charge >= 0.3 is 0 Å². The topological polar surface area (TPSA) is 30.5 Å². The molecule has 23 heavy (non-hydrogen) atoms. The fourth-order valence-electron chi connectivity index (χ4n) is 3.37. The molecule has 2 aromatic carbocycles. The molecule has 118 valence electrons. The largest absolute Gasteiger partial charge is 0.488 e. The predicted molar refractivity (Wildman–Crippen MR) is 92.1 cm³/mol. The van der Waals surface area contributed by atoms with E-state index in [1.807, 2.05) is 24.3 Å². The van der Waals surface area contributed by atoms with Gasteiger partial charge in [-0.05, 0) is 36.1 Å². The zero-order valence-electron chi connectivity index (χ0n) is 13.1. The van der Waals surface area contributed by atoms with Crippen LogP contribution in [0.3, 0.4) is 0 Å². The first kappa shape index (κ1) is 14.3. The third-order valence-electron chi connectivity index (χ3n) is 4.47. The zero-order chi connectivity index (χ0) is 15.5. The Hall–Kier alpha value is -2.26. The van der Waals surface area contributed by atoms with Gasteiger partial charge in [0, 0.05) is 18.2 Å². The molecule has 0 radical (unpaired) electrons. The molecule has 0 atom stereocenters. The van der Waals surface area contributed by atoms with E-state index in [2.05, 4.69) is 35.7 Å². The minimum absolute atomic E-state index is 0.528. The van der Waals surface area contributed by atoms with E-state index < -0.39 is 0 Å². The van der Waals surface area contributed by atoms with Crippen LogP contribution in [0.15, 0.2) is 48.5 Å². The molecule has 0 spiro atoms. The quantitative estimate of drug-likeness (QED) is 0.860. The number of para-hydroxylation sites is 1. The molecule has 3 nitrogen and oxygen atoms in total. The smallest absolute Gasteiger partial charge is 0.168 e. The van der Waals surface area contributed by atoms with Crippen molar-refractivity contribution in [3.8, 4) is 11.5 Å². The van der Waals surface area contributed by atoms with Crippen molar-refractivity contribution in [3.63, 3.8) is 0 Å². The summed E-state index contributed by atoms with van der Waals surface area (Å²) in [4.78, 5) is 0. The summed E-state index contributed by atoms with van der Waals surface area (Å²) in [6.07, 6.45) is 6.33. The van der Waals surface area contributed by atoms with Gasteiger partial charge in [-0.15, -0.1) is 0 Å². The Kier molecular flexibility index (Phi) is 4.03. The lowest BCUT2D eigenvalue weighted by atomic mass is 10.1. The van der Waals surface area contributed by atoms with Crippen LogP contribution in [-0.4, -0.2) is 25.8 Å². The average molecular weight is 307 g/mol. The summed E-state index contributed by atoms with van der Waals surface area (Å²) in [5.41, 5.74) is 4.04. The van der Waals surface area contributed by atoms with Gasteiger partial charge in [-0.3, -0.25) is 0 Å². The van der Waals surface area contributed by atoms with Crippen LogP contribution in [0.2, 0.25) is 0 Å². The van der Waals surface area contributed by atoms with Crippen LogP contribution in [-0.2, 0) is 12.8 Å². The molecule has 1 aliphatic heterocycles. The van der Waals surface area contributed by atoms with Gasteiger partial charge in [0.2, 0.25) is 0 Å². The Morgan fingerprint density at radius 2 is 1.87 bits per heavy atom. The van der Waals surface area contributed by atoms with Gasteiger partial charge in [0.1, 0.15) is 13.2 Å². The summed E-state index contributed by atoms with van der Waals surface area (Å²) in [6.45, 7) is 2.11. The first-order chi connectivity index (χ1) is 11.4. The number of ether oxygens (including phenoxy) is 2. The summed E-state index contributed by atoms with van der Waals surface area (Å²) in [5.74, 6) is 1.70. The third-order valence-corrected chi connectivity index (χ3v) is 4.47. The van der Waals surface area contributed by atoms with E-state index in [4.69, 9.17) is 9.47 Å². The summed E-state index contributed by atoms with van der Waals surface area (Å²) in [6, 6.07) is 15.3. The Morgan fingerprint density at radius 3 is 2.70 bits per heavy atom. The number of fused-ring (bicyclic) bond motifs is 2. The van der Waals surface area contributed by atoms with Gasteiger partial charge in [0.05, 0.1) is 0 Å². The predicted octanol–water partition coefficient (Wildman–Crippen LogP) is 3.23. The van der Waals surface area contributed by atoms with Crippen LogP contribution in [0.25, 0.3) is 6.08 Å². The molecule has 0 saturated carbocycles. The van der Waals surface area contributed by atoms with Gasteiger partial charge in [-0.25, -0.2) is 0 Å². The summed E-state index contributed by atoms with van der Waals surface area (Å²) in [5, 5.41) is 3.60. The highest BCUT2D eigenvalue weighted by Crippen LogP contribution is 2.34. The highest BCUT2D eigenvalue weighted by atomic mass is 16.5. The van der Waals surface area contributed by atoms with E-state index in [9.17, 15) is 0 Å². The lowest BCUT2D eigenvalue weighted by molar-refractivity contribution is 0.276. The summed E-state index contributed by atoms with van der Waals surface area (Å²) in [7, 11) is 0. The van der Waals surface area contributed by atoms with E-state index in [0.29, 0.717) is 19.3 Å². The van der Waals surface area contributed by atoms with Crippen molar-refractivity contribution in [1.29, 1.82) is 0 Å². The first-order valence-electron chi connectivity index (χ1n) is 8.25. The second-order valence-electron chi connectivity index (χ2n) is 6.06. The van der Waals surface area contributed by atoms with Crippen LogP contribution < -0.4 is 14.8 Å². The van der Waals surface area contributed by atoms with Gasteiger partial charge in [0.15, 0.2) is 11.5 Å². The van der Waals surface area contributed by atoms with Crippen molar-refractivity contribution in [3.05, 3.63) is 65.2 Å². The van der Waals surface area contributed by atoms with E-state index in [0.717, 1.165) is 36.4 Å². The van der Waals surface area contributed by atoms with E-state index in [1.165, 1.54) is 11.1 Å². The van der Waals surface area contributed by atoms with Gasteiger partial charge in [-0.1, -0.05) is 42.5 Å². The molecule has 4 rings (SSSR count). The third kappa shape index (κ3) is 3.10. The molecule has 2 aliphatic rings. The molecular formula is C20H21NO2. The normalized spacial score (nSPS) is 15.8. The molecule has 1 aliphatic carbocycles. The van der Waals surface area contributed by atoms with Crippen molar-refractivity contribution in [2.24, 2.45) is 0 Å². The molecule has 3 heteroatoms. The van der Waals surface area contributed by atoms with Crippen LogP contribution in [0, 0.1) is 0 Å². The van der Waals surface area contributed by atoms with Crippen molar-refractivity contribution in [2.75, 3.05) is 19.8 Å².